The summed E-state index contributed by atoms with van der Waals surface area (Å²) >= 11 is 1.60. The van der Waals surface area contributed by atoms with Crippen LogP contribution in [0.25, 0.3) is 11.3 Å². The lowest BCUT2D eigenvalue weighted by molar-refractivity contribution is 0.0928. The molecule has 0 aliphatic carbocycles. The smallest absolute Gasteiger partial charge is 0.251 e. The fourth-order valence-corrected chi connectivity index (χ4v) is 2.75. The van der Waals surface area contributed by atoms with Crippen molar-refractivity contribution in [3.63, 3.8) is 0 Å². The Kier molecular flexibility index (Phi) is 5.32. The number of aliphatic hydroxyl groups excluding tert-OH is 1. The number of carbonyl (C=O) groups excluding carboxylic acids is 1. The van der Waals surface area contributed by atoms with E-state index in [0.29, 0.717) is 18.5 Å². The lowest BCUT2D eigenvalue weighted by Gasteiger charge is -2.23. The average Bonchev–Trinajstić information content (AvgIpc) is 2.92. The van der Waals surface area contributed by atoms with Crippen molar-refractivity contribution in [2.24, 2.45) is 5.41 Å². The molecule has 1 amide bonds. The van der Waals surface area contributed by atoms with Crippen LogP contribution in [0.15, 0.2) is 29.6 Å². The first-order valence-corrected chi connectivity index (χ1v) is 8.21. The number of aryl methyl sites for hydroxylation is 1. The Balaban J connectivity index is 2.08. The minimum absolute atomic E-state index is 0.0974. The zero-order chi connectivity index (χ0) is 16.2. The summed E-state index contributed by atoms with van der Waals surface area (Å²) in [4.78, 5) is 16.7. The Hall–Kier alpha value is -1.72. The van der Waals surface area contributed by atoms with Gasteiger partial charge in [-0.15, -0.1) is 11.3 Å². The van der Waals surface area contributed by atoms with Crippen molar-refractivity contribution >= 4 is 17.2 Å². The quantitative estimate of drug-likeness (QED) is 0.859. The zero-order valence-corrected chi connectivity index (χ0v) is 14.0. The number of carbonyl (C=O) groups is 1. The van der Waals surface area contributed by atoms with E-state index in [1.807, 2.05) is 44.4 Å². The fraction of sp³-hybridized carbons (Fsp3) is 0.412. The molecular weight excluding hydrogens is 296 g/mol. The van der Waals surface area contributed by atoms with E-state index >= 15 is 0 Å². The SMILES string of the molecule is Cc1nc(-c2cccc(C(=O)NCC(C)(C)CCO)c2)cs1. The van der Waals surface area contributed by atoms with Gasteiger partial charge in [0, 0.05) is 29.7 Å². The predicted molar refractivity (Wildman–Crippen MR) is 90.1 cm³/mol. The largest absolute Gasteiger partial charge is 0.396 e. The number of hydrogen-bond acceptors (Lipinski definition) is 4. The van der Waals surface area contributed by atoms with Gasteiger partial charge in [0.15, 0.2) is 0 Å². The van der Waals surface area contributed by atoms with Crippen LogP contribution >= 0.6 is 11.3 Å². The third kappa shape index (κ3) is 4.39. The minimum atomic E-state index is -0.117. The number of nitrogens with zero attached hydrogens (tertiary/aromatic N) is 1. The van der Waals surface area contributed by atoms with Crippen molar-refractivity contribution in [2.45, 2.75) is 27.2 Å². The van der Waals surface area contributed by atoms with E-state index in [9.17, 15) is 4.79 Å². The highest BCUT2D eigenvalue weighted by atomic mass is 32.1. The Morgan fingerprint density at radius 1 is 1.41 bits per heavy atom. The molecule has 1 aromatic carbocycles. The summed E-state index contributed by atoms with van der Waals surface area (Å²) in [6, 6.07) is 7.50. The van der Waals surface area contributed by atoms with Crippen LogP contribution in [-0.2, 0) is 0 Å². The van der Waals surface area contributed by atoms with Crippen molar-refractivity contribution in [1.82, 2.24) is 10.3 Å². The van der Waals surface area contributed by atoms with Crippen LogP contribution in [0.4, 0.5) is 0 Å². The molecule has 22 heavy (non-hydrogen) atoms. The number of nitrogens with one attached hydrogen (secondary N) is 1. The van der Waals surface area contributed by atoms with Crippen molar-refractivity contribution in [1.29, 1.82) is 0 Å². The second-order valence-corrected chi connectivity index (χ2v) is 7.22. The number of aromatic nitrogens is 1. The van der Waals surface area contributed by atoms with Gasteiger partial charge in [-0.05, 0) is 30.9 Å². The van der Waals surface area contributed by atoms with E-state index < -0.39 is 0 Å². The molecule has 0 radical (unpaired) electrons. The van der Waals surface area contributed by atoms with Crippen molar-refractivity contribution in [2.75, 3.05) is 13.2 Å². The van der Waals surface area contributed by atoms with Crippen LogP contribution in [0, 0.1) is 12.3 Å². The molecule has 2 aromatic rings. The summed E-state index contributed by atoms with van der Waals surface area (Å²) in [5.41, 5.74) is 2.36. The lowest BCUT2D eigenvalue weighted by Crippen LogP contribution is -2.34. The van der Waals surface area contributed by atoms with Crippen molar-refractivity contribution in [3.8, 4) is 11.3 Å². The highest BCUT2D eigenvalue weighted by Crippen LogP contribution is 2.23. The van der Waals surface area contributed by atoms with Gasteiger partial charge in [-0.25, -0.2) is 4.98 Å². The number of benzene rings is 1. The molecule has 0 atom stereocenters. The van der Waals surface area contributed by atoms with E-state index in [1.54, 1.807) is 17.4 Å². The Bertz CT molecular complexity index is 650. The molecule has 0 saturated carbocycles. The Morgan fingerprint density at radius 3 is 2.82 bits per heavy atom. The van der Waals surface area contributed by atoms with Gasteiger partial charge in [0.2, 0.25) is 0 Å². The van der Waals surface area contributed by atoms with E-state index in [2.05, 4.69) is 10.3 Å². The molecule has 0 spiro atoms. The number of rotatable bonds is 6. The molecule has 118 valence electrons. The summed E-state index contributed by atoms with van der Waals surface area (Å²) in [6.07, 6.45) is 0.658. The van der Waals surface area contributed by atoms with Gasteiger partial charge in [-0.1, -0.05) is 26.0 Å². The van der Waals surface area contributed by atoms with Crippen molar-refractivity contribution < 1.29 is 9.90 Å². The maximum atomic E-state index is 12.3. The zero-order valence-electron chi connectivity index (χ0n) is 13.2. The predicted octanol–water partition coefficient (Wildman–Crippen LogP) is 3.26. The van der Waals surface area contributed by atoms with E-state index in [0.717, 1.165) is 16.3 Å². The summed E-state index contributed by atoms with van der Waals surface area (Å²) < 4.78 is 0. The van der Waals surface area contributed by atoms with Crippen LogP contribution in [0.2, 0.25) is 0 Å². The van der Waals surface area contributed by atoms with Crippen LogP contribution in [0.3, 0.4) is 0 Å². The van der Waals surface area contributed by atoms with Crippen LogP contribution < -0.4 is 5.32 Å². The third-order valence-electron chi connectivity index (χ3n) is 3.56. The molecule has 0 fully saturated rings. The first kappa shape index (κ1) is 16.6. The van der Waals surface area contributed by atoms with Crippen LogP contribution in [-0.4, -0.2) is 29.1 Å². The number of hydrogen-bond donors (Lipinski definition) is 2. The number of aliphatic hydroxyl groups is 1. The molecule has 0 unspecified atom stereocenters. The molecule has 0 saturated heterocycles. The topological polar surface area (TPSA) is 62.2 Å². The van der Waals surface area contributed by atoms with Gasteiger partial charge in [-0.2, -0.15) is 0 Å². The first-order chi connectivity index (χ1) is 10.4. The maximum absolute atomic E-state index is 12.3. The molecule has 0 aliphatic rings. The summed E-state index contributed by atoms with van der Waals surface area (Å²) in [5.74, 6) is -0.0974. The van der Waals surface area contributed by atoms with E-state index in [-0.39, 0.29) is 17.9 Å². The van der Waals surface area contributed by atoms with Gasteiger partial charge in [0.1, 0.15) is 0 Å². The van der Waals surface area contributed by atoms with Crippen LogP contribution in [0.5, 0.6) is 0 Å². The molecule has 4 nitrogen and oxygen atoms in total. The third-order valence-corrected chi connectivity index (χ3v) is 4.33. The summed E-state index contributed by atoms with van der Waals surface area (Å²) in [6.45, 7) is 6.68. The van der Waals surface area contributed by atoms with Gasteiger partial charge in [0.25, 0.3) is 5.91 Å². The fourth-order valence-electron chi connectivity index (χ4n) is 2.13. The maximum Gasteiger partial charge on any atom is 0.251 e. The van der Waals surface area contributed by atoms with E-state index in [1.165, 1.54) is 0 Å². The summed E-state index contributed by atoms with van der Waals surface area (Å²) in [7, 11) is 0. The molecule has 0 aliphatic heterocycles. The van der Waals surface area contributed by atoms with Crippen LogP contribution in [0.1, 0.15) is 35.6 Å². The van der Waals surface area contributed by atoms with Gasteiger partial charge in [0.05, 0.1) is 10.7 Å². The molecule has 2 rings (SSSR count). The molecule has 1 heterocycles. The van der Waals surface area contributed by atoms with Gasteiger partial charge < -0.3 is 10.4 Å². The number of amides is 1. The van der Waals surface area contributed by atoms with E-state index in [4.69, 9.17) is 5.11 Å². The number of thiazole rings is 1. The lowest BCUT2D eigenvalue weighted by atomic mass is 9.89. The van der Waals surface area contributed by atoms with Gasteiger partial charge in [-0.3, -0.25) is 4.79 Å². The normalized spacial score (nSPS) is 11.5. The average molecular weight is 318 g/mol. The Labute approximate surface area is 135 Å². The molecule has 1 aromatic heterocycles. The van der Waals surface area contributed by atoms with Gasteiger partial charge >= 0.3 is 0 Å². The highest BCUT2D eigenvalue weighted by Gasteiger charge is 2.18. The van der Waals surface area contributed by atoms with Crippen molar-refractivity contribution in [3.05, 3.63) is 40.2 Å². The highest BCUT2D eigenvalue weighted by molar-refractivity contribution is 7.09. The molecule has 0 bridgehead atoms. The standard InChI is InChI=1S/C17H22N2O2S/c1-12-19-15(10-22-12)13-5-4-6-14(9-13)16(21)18-11-17(2,3)7-8-20/h4-6,9-10,20H,7-8,11H2,1-3H3,(H,18,21). The second kappa shape index (κ2) is 7.03. The molecular formula is C17H22N2O2S. The second-order valence-electron chi connectivity index (χ2n) is 6.15. The monoisotopic (exact) mass is 318 g/mol. The molecule has 5 heteroatoms. The minimum Gasteiger partial charge on any atom is -0.396 e. The summed E-state index contributed by atoms with van der Waals surface area (Å²) in [5, 5.41) is 15.0. The first-order valence-electron chi connectivity index (χ1n) is 7.33. The Morgan fingerprint density at radius 2 is 2.18 bits per heavy atom. The molecule has 2 N–H and O–H groups in total.